The molecule has 2 heterocycles. The number of amides is 1. The van der Waals surface area contributed by atoms with Crippen LogP contribution >= 0.6 is 11.5 Å². The number of hydrogen-bond donors (Lipinski definition) is 2. The van der Waals surface area contributed by atoms with Gasteiger partial charge in [0.15, 0.2) is 0 Å². The maximum Gasteiger partial charge on any atom is 0.247 e. The standard InChI is InChI=1S/C12H18N4O2S/c1-6-14-10(19-16-6)15-9(17)12(13)7-4-5-18-8(7)11(12,2)3/h7-8H,4-5,13H2,1-3H3,(H,14,15,16,17). The van der Waals surface area contributed by atoms with E-state index in [-0.39, 0.29) is 23.3 Å². The molecular weight excluding hydrogens is 264 g/mol. The van der Waals surface area contributed by atoms with E-state index in [2.05, 4.69) is 14.7 Å². The molecule has 7 heteroatoms. The summed E-state index contributed by atoms with van der Waals surface area (Å²) in [6.45, 7) is 6.45. The minimum Gasteiger partial charge on any atom is -0.377 e. The quantitative estimate of drug-likeness (QED) is 0.842. The van der Waals surface area contributed by atoms with Gasteiger partial charge in [0.1, 0.15) is 11.4 Å². The van der Waals surface area contributed by atoms with Crippen LogP contribution in [0.3, 0.4) is 0 Å². The molecular formula is C12H18N4O2S. The monoisotopic (exact) mass is 282 g/mol. The Morgan fingerprint density at radius 1 is 1.58 bits per heavy atom. The van der Waals surface area contributed by atoms with Crippen LogP contribution in [0.5, 0.6) is 0 Å². The van der Waals surface area contributed by atoms with Crippen LogP contribution in [-0.4, -0.2) is 33.5 Å². The van der Waals surface area contributed by atoms with Gasteiger partial charge in [-0.2, -0.15) is 4.37 Å². The molecule has 104 valence electrons. The summed E-state index contributed by atoms with van der Waals surface area (Å²) < 4.78 is 9.73. The summed E-state index contributed by atoms with van der Waals surface area (Å²) in [7, 11) is 0. The molecule has 0 aromatic carbocycles. The number of hydrogen-bond acceptors (Lipinski definition) is 6. The number of ether oxygens (including phenoxy) is 1. The normalized spacial score (nSPS) is 35.6. The lowest BCUT2D eigenvalue weighted by molar-refractivity contribution is -0.170. The van der Waals surface area contributed by atoms with Crippen molar-refractivity contribution in [2.45, 2.75) is 38.8 Å². The zero-order chi connectivity index (χ0) is 13.8. The van der Waals surface area contributed by atoms with Crippen LogP contribution in [0.2, 0.25) is 0 Å². The molecule has 2 aliphatic rings. The Hall–Kier alpha value is -1.05. The molecule has 0 bridgehead atoms. The van der Waals surface area contributed by atoms with Gasteiger partial charge in [-0.05, 0) is 13.3 Å². The molecule has 1 amide bonds. The number of aryl methyl sites for hydroxylation is 1. The Morgan fingerprint density at radius 3 is 2.95 bits per heavy atom. The van der Waals surface area contributed by atoms with Crippen molar-refractivity contribution in [2.75, 3.05) is 11.9 Å². The number of carbonyl (C=O) groups is 1. The van der Waals surface area contributed by atoms with E-state index in [4.69, 9.17) is 10.5 Å². The Balaban J connectivity index is 1.82. The number of nitrogens with two attached hydrogens (primary N) is 1. The molecule has 1 aromatic heterocycles. The SMILES string of the molecule is Cc1nsc(NC(=O)C2(N)C3CCOC3C2(C)C)n1. The minimum atomic E-state index is -0.895. The molecule has 3 rings (SSSR count). The van der Waals surface area contributed by atoms with E-state index >= 15 is 0 Å². The maximum atomic E-state index is 12.5. The highest BCUT2D eigenvalue weighted by molar-refractivity contribution is 7.09. The summed E-state index contributed by atoms with van der Waals surface area (Å²) in [5.41, 5.74) is 5.17. The first kappa shape index (κ1) is 13.0. The van der Waals surface area contributed by atoms with E-state index in [1.54, 1.807) is 6.92 Å². The lowest BCUT2D eigenvalue weighted by atomic mass is 9.48. The van der Waals surface area contributed by atoms with Crippen LogP contribution in [0, 0.1) is 18.3 Å². The van der Waals surface area contributed by atoms with E-state index in [1.807, 2.05) is 13.8 Å². The van der Waals surface area contributed by atoms with E-state index in [9.17, 15) is 4.79 Å². The van der Waals surface area contributed by atoms with Crippen molar-refractivity contribution < 1.29 is 9.53 Å². The molecule has 1 saturated carbocycles. The molecule has 19 heavy (non-hydrogen) atoms. The van der Waals surface area contributed by atoms with Crippen LogP contribution in [0.25, 0.3) is 0 Å². The Bertz CT molecular complexity index is 530. The molecule has 1 aliphatic carbocycles. The summed E-state index contributed by atoms with van der Waals surface area (Å²) in [6.07, 6.45) is 0.923. The van der Waals surface area contributed by atoms with Crippen molar-refractivity contribution in [1.82, 2.24) is 9.36 Å². The van der Waals surface area contributed by atoms with E-state index in [0.29, 0.717) is 17.6 Å². The van der Waals surface area contributed by atoms with Crippen molar-refractivity contribution in [3.05, 3.63) is 5.82 Å². The summed E-state index contributed by atoms with van der Waals surface area (Å²) >= 11 is 1.17. The molecule has 3 atom stereocenters. The molecule has 3 unspecified atom stereocenters. The summed E-state index contributed by atoms with van der Waals surface area (Å²) in [6, 6.07) is 0. The molecule has 0 radical (unpaired) electrons. The van der Waals surface area contributed by atoms with Gasteiger partial charge in [0.25, 0.3) is 0 Å². The Labute approximate surface area is 115 Å². The average molecular weight is 282 g/mol. The number of fused-ring (bicyclic) bond motifs is 1. The lowest BCUT2D eigenvalue weighted by Gasteiger charge is -2.60. The predicted molar refractivity (Wildman–Crippen MR) is 71.8 cm³/mol. The van der Waals surface area contributed by atoms with Gasteiger partial charge >= 0.3 is 0 Å². The van der Waals surface area contributed by atoms with Crippen LogP contribution in [-0.2, 0) is 9.53 Å². The average Bonchev–Trinajstić information content (AvgIpc) is 2.96. The van der Waals surface area contributed by atoms with Crippen molar-refractivity contribution in [3.63, 3.8) is 0 Å². The Morgan fingerprint density at radius 2 is 2.32 bits per heavy atom. The van der Waals surface area contributed by atoms with Crippen molar-refractivity contribution >= 4 is 22.6 Å². The second-order valence-corrected chi connectivity index (χ2v) is 6.63. The van der Waals surface area contributed by atoms with Crippen LogP contribution in [0.1, 0.15) is 26.1 Å². The van der Waals surface area contributed by atoms with Crippen LogP contribution in [0.4, 0.5) is 5.13 Å². The third kappa shape index (κ3) is 1.58. The fraction of sp³-hybridized carbons (Fsp3) is 0.750. The zero-order valence-electron chi connectivity index (χ0n) is 11.3. The van der Waals surface area contributed by atoms with E-state index in [0.717, 1.165) is 6.42 Å². The van der Waals surface area contributed by atoms with Crippen molar-refractivity contribution in [2.24, 2.45) is 17.1 Å². The van der Waals surface area contributed by atoms with Gasteiger partial charge in [0, 0.05) is 29.5 Å². The summed E-state index contributed by atoms with van der Waals surface area (Å²) in [5, 5.41) is 3.30. The van der Waals surface area contributed by atoms with Crippen LogP contribution < -0.4 is 11.1 Å². The molecule has 3 N–H and O–H groups in total. The highest BCUT2D eigenvalue weighted by Gasteiger charge is 2.71. The molecule has 1 saturated heterocycles. The molecule has 2 fully saturated rings. The highest BCUT2D eigenvalue weighted by atomic mass is 32.1. The summed E-state index contributed by atoms with van der Waals surface area (Å²) in [4.78, 5) is 16.7. The fourth-order valence-corrected chi connectivity index (χ4v) is 3.96. The highest BCUT2D eigenvalue weighted by Crippen LogP contribution is 2.58. The summed E-state index contributed by atoms with van der Waals surface area (Å²) in [5.74, 6) is 0.568. The van der Waals surface area contributed by atoms with E-state index < -0.39 is 5.54 Å². The number of rotatable bonds is 2. The van der Waals surface area contributed by atoms with Gasteiger partial charge in [0.2, 0.25) is 11.0 Å². The third-order valence-corrected chi connectivity index (χ3v) is 5.30. The van der Waals surface area contributed by atoms with Gasteiger partial charge < -0.3 is 10.5 Å². The fourth-order valence-electron chi connectivity index (χ4n) is 3.39. The maximum absolute atomic E-state index is 12.5. The van der Waals surface area contributed by atoms with Gasteiger partial charge in [-0.3, -0.25) is 10.1 Å². The van der Waals surface area contributed by atoms with Gasteiger partial charge in [0.05, 0.1) is 6.10 Å². The molecule has 1 aromatic rings. The first-order chi connectivity index (χ1) is 8.87. The van der Waals surface area contributed by atoms with Crippen LogP contribution in [0.15, 0.2) is 0 Å². The van der Waals surface area contributed by atoms with Gasteiger partial charge in [-0.15, -0.1) is 0 Å². The lowest BCUT2D eigenvalue weighted by Crippen LogP contribution is -2.79. The first-order valence-electron chi connectivity index (χ1n) is 6.39. The third-order valence-electron chi connectivity index (χ3n) is 4.58. The minimum absolute atomic E-state index is 0.0828. The number of anilines is 1. The second-order valence-electron chi connectivity index (χ2n) is 5.88. The number of nitrogens with one attached hydrogen (secondary N) is 1. The zero-order valence-corrected chi connectivity index (χ0v) is 12.1. The predicted octanol–water partition coefficient (Wildman–Crippen LogP) is 0.927. The molecule has 6 nitrogen and oxygen atoms in total. The van der Waals surface area contributed by atoms with Gasteiger partial charge in [-0.1, -0.05) is 13.8 Å². The first-order valence-corrected chi connectivity index (χ1v) is 7.17. The number of nitrogens with zero attached hydrogens (tertiary/aromatic N) is 2. The molecule has 1 aliphatic heterocycles. The second kappa shape index (κ2) is 3.97. The molecule has 0 spiro atoms. The number of aromatic nitrogens is 2. The van der Waals surface area contributed by atoms with Crippen molar-refractivity contribution in [1.29, 1.82) is 0 Å². The van der Waals surface area contributed by atoms with Crippen molar-refractivity contribution in [3.8, 4) is 0 Å². The largest absolute Gasteiger partial charge is 0.377 e. The smallest absolute Gasteiger partial charge is 0.247 e. The van der Waals surface area contributed by atoms with Gasteiger partial charge in [-0.25, -0.2) is 4.98 Å². The Kier molecular flexibility index (Phi) is 2.71. The number of carbonyl (C=O) groups excluding carboxylic acids is 1. The topological polar surface area (TPSA) is 90.1 Å². The van der Waals surface area contributed by atoms with E-state index in [1.165, 1.54) is 11.5 Å².